The summed E-state index contributed by atoms with van der Waals surface area (Å²) in [6.07, 6.45) is 2.85. The second kappa shape index (κ2) is 8.58. The molecule has 114 valence electrons. The molecule has 6 nitrogen and oxygen atoms in total. The van der Waals surface area contributed by atoms with Crippen LogP contribution in [-0.4, -0.2) is 48.7 Å². The monoisotopic (exact) mass is 281 g/mol. The number of aromatic nitrogens is 2. The van der Waals surface area contributed by atoms with Gasteiger partial charge in [-0.2, -0.15) is 4.98 Å². The Balaban J connectivity index is 2.76. The lowest BCUT2D eigenvalue weighted by atomic mass is 10.3. The maximum absolute atomic E-state index is 6.05. The van der Waals surface area contributed by atoms with Crippen molar-refractivity contribution < 1.29 is 4.74 Å². The van der Waals surface area contributed by atoms with Crippen molar-refractivity contribution >= 4 is 11.5 Å². The molecule has 3 N–H and O–H groups in total. The molecule has 0 aliphatic carbocycles. The Kier molecular flexibility index (Phi) is 7.08. The highest BCUT2D eigenvalue weighted by Gasteiger charge is 2.12. The van der Waals surface area contributed by atoms with E-state index in [1.165, 1.54) is 0 Å². The molecular weight excluding hydrogens is 254 g/mol. The highest BCUT2D eigenvalue weighted by molar-refractivity contribution is 5.66. The van der Waals surface area contributed by atoms with Gasteiger partial charge in [-0.05, 0) is 40.4 Å². The molecule has 1 heterocycles. The average Bonchev–Trinajstić information content (AvgIpc) is 2.39. The first-order chi connectivity index (χ1) is 9.58. The molecule has 0 saturated heterocycles. The Hall–Kier alpha value is -1.56. The van der Waals surface area contributed by atoms with Crippen LogP contribution in [0, 0.1) is 0 Å². The van der Waals surface area contributed by atoms with E-state index >= 15 is 0 Å². The Bertz CT molecular complexity index is 409. The first-order valence-electron chi connectivity index (χ1n) is 7.26. The summed E-state index contributed by atoms with van der Waals surface area (Å²) in [6.45, 7) is 6.43. The van der Waals surface area contributed by atoms with E-state index in [0.717, 1.165) is 38.2 Å². The Morgan fingerprint density at radius 3 is 2.60 bits per heavy atom. The Morgan fingerprint density at radius 1 is 1.25 bits per heavy atom. The van der Waals surface area contributed by atoms with Gasteiger partial charge in [0.05, 0.1) is 6.61 Å². The quantitative estimate of drug-likeness (QED) is 0.672. The molecule has 0 aliphatic rings. The lowest BCUT2D eigenvalue weighted by Crippen LogP contribution is -2.17. The van der Waals surface area contributed by atoms with E-state index in [0.29, 0.717) is 24.0 Å². The highest BCUT2D eigenvalue weighted by Crippen LogP contribution is 2.26. The number of rotatable bonds is 9. The standard InChI is InChI=1S/C14H27N5O/c1-5-8-11-17-13(16-9-7-10-19(3)4)12(15)14(18-11)20-6-2/h5-10,15H2,1-4H3,(H,16,17,18). The number of anilines is 2. The lowest BCUT2D eigenvalue weighted by molar-refractivity contribution is 0.327. The van der Waals surface area contributed by atoms with Crippen LogP contribution >= 0.6 is 0 Å². The molecule has 1 rings (SSSR count). The molecule has 0 amide bonds. The summed E-state index contributed by atoms with van der Waals surface area (Å²) in [4.78, 5) is 11.0. The molecule has 0 bridgehead atoms. The van der Waals surface area contributed by atoms with Crippen molar-refractivity contribution in [2.75, 3.05) is 44.8 Å². The third kappa shape index (κ3) is 5.21. The first kappa shape index (κ1) is 16.5. The molecule has 0 unspecified atom stereocenters. The molecule has 0 radical (unpaired) electrons. The van der Waals surface area contributed by atoms with Gasteiger partial charge in [-0.3, -0.25) is 0 Å². The SMILES string of the molecule is CCCc1nc(NCCCN(C)C)c(N)c(OCC)n1. The van der Waals surface area contributed by atoms with E-state index in [-0.39, 0.29) is 0 Å². The predicted octanol–water partition coefficient (Wildman–Crippen LogP) is 1.77. The van der Waals surface area contributed by atoms with Crippen LogP contribution in [0.1, 0.15) is 32.5 Å². The smallest absolute Gasteiger partial charge is 0.242 e. The maximum atomic E-state index is 6.05. The van der Waals surface area contributed by atoms with E-state index in [4.69, 9.17) is 10.5 Å². The normalized spacial score (nSPS) is 10.8. The topological polar surface area (TPSA) is 76.3 Å². The van der Waals surface area contributed by atoms with Crippen LogP contribution in [0.4, 0.5) is 11.5 Å². The molecule has 6 heteroatoms. The second-order valence-corrected chi connectivity index (χ2v) is 4.97. The summed E-state index contributed by atoms with van der Waals surface area (Å²) < 4.78 is 5.48. The van der Waals surface area contributed by atoms with Crippen LogP contribution in [0.25, 0.3) is 0 Å². The maximum Gasteiger partial charge on any atom is 0.242 e. The predicted molar refractivity (Wildman–Crippen MR) is 83.3 cm³/mol. The van der Waals surface area contributed by atoms with Crippen LogP contribution in [0.15, 0.2) is 0 Å². The van der Waals surface area contributed by atoms with Gasteiger partial charge < -0.3 is 20.7 Å². The van der Waals surface area contributed by atoms with Gasteiger partial charge >= 0.3 is 0 Å². The van der Waals surface area contributed by atoms with Crippen molar-refractivity contribution in [1.82, 2.24) is 14.9 Å². The number of hydrogen-bond donors (Lipinski definition) is 2. The molecule has 0 fully saturated rings. The van der Waals surface area contributed by atoms with Crippen molar-refractivity contribution in [3.8, 4) is 5.88 Å². The largest absolute Gasteiger partial charge is 0.476 e. The van der Waals surface area contributed by atoms with Gasteiger partial charge in [-0.25, -0.2) is 4.98 Å². The molecule has 0 atom stereocenters. The third-order valence-electron chi connectivity index (χ3n) is 2.79. The fourth-order valence-corrected chi connectivity index (χ4v) is 1.81. The fraction of sp³-hybridized carbons (Fsp3) is 0.714. The molecule has 20 heavy (non-hydrogen) atoms. The lowest BCUT2D eigenvalue weighted by Gasteiger charge is -2.14. The van der Waals surface area contributed by atoms with Crippen molar-refractivity contribution in [3.05, 3.63) is 5.82 Å². The third-order valence-corrected chi connectivity index (χ3v) is 2.79. The van der Waals surface area contributed by atoms with Gasteiger partial charge in [-0.1, -0.05) is 6.92 Å². The summed E-state index contributed by atoms with van der Waals surface area (Å²) in [6, 6.07) is 0. The van der Waals surface area contributed by atoms with Crippen molar-refractivity contribution in [2.24, 2.45) is 0 Å². The van der Waals surface area contributed by atoms with Gasteiger partial charge in [0.2, 0.25) is 5.88 Å². The number of aryl methyl sites for hydroxylation is 1. The molecule has 1 aromatic rings. The molecule has 1 aromatic heterocycles. The average molecular weight is 281 g/mol. The number of nitrogens with zero attached hydrogens (tertiary/aromatic N) is 3. The Morgan fingerprint density at radius 2 is 2.00 bits per heavy atom. The van der Waals surface area contributed by atoms with Crippen molar-refractivity contribution in [2.45, 2.75) is 33.1 Å². The number of nitrogen functional groups attached to an aromatic ring is 1. The van der Waals surface area contributed by atoms with Crippen LogP contribution < -0.4 is 15.8 Å². The Labute approximate surface area is 121 Å². The van der Waals surface area contributed by atoms with Crippen LogP contribution in [-0.2, 0) is 6.42 Å². The van der Waals surface area contributed by atoms with Gasteiger partial charge in [0.1, 0.15) is 11.5 Å². The molecule has 0 aromatic carbocycles. The van der Waals surface area contributed by atoms with Gasteiger partial charge in [0.15, 0.2) is 5.82 Å². The van der Waals surface area contributed by atoms with E-state index in [1.807, 2.05) is 6.92 Å². The van der Waals surface area contributed by atoms with Crippen molar-refractivity contribution in [1.29, 1.82) is 0 Å². The summed E-state index contributed by atoms with van der Waals surface area (Å²) in [5.74, 6) is 1.95. The van der Waals surface area contributed by atoms with E-state index < -0.39 is 0 Å². The summed E-state index contributed by atoms with van der Waals surface area (Å²) in [5.41, 5.74) is 6.55. The minimum atomic E-state index is 0.487. The minimum Gasteiger partial charge on any atom is -0.476 e. The van der Waals surface area contributed by atoms with E-state index in [2.05, 4.69) is 41.2 Å². The summed E-state index contributed by atoms with van der Waals surface area (Å²) in [7, 11) is 4.12. The number of nitrogens with one attached hydrogen (secondary N) is 1. The van der Waals surface area contributed by atoms with Gasteiger partial charge in [0, 0.05) is 13.0 Å². The van der Waals surface area contributed by atoms with Gasteiger partial charge in [-0.15, -0.1) is 0 Å². The summed E-state index contributed by atoms with van der Waals surface area (Å²) >= 11 is 0. The molecular formula is C14H27N5O. The zero-order chi connectivity index (χ0) is 15.0. The van der Waals surface area contributed by atoms with Crippen LogP contribution in [0.2, 0.25) is 0 Å². The molecule has 0 spiro atoms. The van der Waals surface area contributed by atoms with Crippen LogP contribution in [0.5, 0.6) is 5.88 Å². The first-order valence-corrected chi connectivity index (χ1v) is 7.26. The fourth-order valence-electron chi connectivity index (χ4n) is 1.81. The second-order valence-electron chi connectivity index (χ2n) is 4.97. The van der Waals surface area contributed by atoms with Crippen molar-refractivity contribution in [3.63, 3.8) is 0 Å². The summed E-state index contributed by atoms with van der Waals surface area (Å²) in [5, 5.41) is 3.28. The minimum absolute atomic E-state index is 0.487. The number of ether oxygens (including phenoxy) is 1. The number of nitrogens with two attached hydrogens (primary N) is 1. The highest BCUT2D eigenvalue weighted by atomic mass is 16.5. The van der Waals surface area contributed by atoms with E-state index in [1.54, 1.807) is 0 Å². The van der Waals surface area contributed by atoms with Gasteiger partial charge in [0.25, 0.3) is 0 Å². The zero-order valence-corrected chi connectivity index (χ0v) is 13.1. The van der Waals surface area contributed by atoms with Crippen LogP contribution in [0.3, 0.4) is 0 Å². The zero-order valence-electron chi connectivity index (χ0n) is 13.1. The molecule has 0 aliphatic heterocycles. The number of hydrogen-bond acceptors (Lipinski definition) is 6. The molecule has 0 saturated carbocycles. The van der Waals surface area contributed by atoms with E-state index in [9.17, 15) is 0 Å².